The largest absolute Gasteiger partial charge is 0.392 e. The van der Waals surface area contributed by atoms with E-state index in [1.54, 1.807) is 0 Å². The van der Waals surface area contributed by atoms with E-state index < -0.39 is 11.3 Å². The molecule has 0 spiro atoms. The highest BCUT2D eigenvalue weighted by molar-refractivity contribution is 7.80. The van der Waals surface area contributed by atoms with Gasteiger partial charge in [0, 0.05) is 6.54 Å². The highest BCUT2D eigenvalue weighted by Gasteiger charge is 2.41. The topological polar surface area (TPSA) is 89.4 Å². The van der Waals surface area contributed by atoms with E-state index in [1.807, 2.05) is 27.7 Å². The van der Waals surface area contributed by atoms with Gasteiger partial charge in [0.05, 0.1) is 16.9 Å². The minimum Gasteiger partial charge on any atom is -0.392 e. The second kappa shape index (κ2) is 7.43. The van der Waals surface area contributed by atoms with Crippen LogP contribution in [0.5, 0.6) is 0 Å². The van der Waals surface area contributed by atoms with Crippen LogP contribution in [-0.4, -0.2) is 34.8 Å². The molecular formula is C13H25N3O2S. The van der Waals surface area contributed by atoms with Crippen molar-refractivity contribution in [3.05, 3.63) is 0 Å². The molecule has 0 unspecified atom stereocenters. The molecule has 0 aliphatic rings. The molecule has 0 aliphatic carbocycles. The monoisotopic (exact) mass is 287 g/mol. The molecule has 0 radical (unpaired) electrons. The number of rotatable bonds is 8. The predicted octanol–water partition coefficient (Wildman–Crippen LogP) is 1.05. The Labute approximate surface area is 120 Å². The molecular weight excluding hydrogens is 262 g/mol. The summed E-state index contributed by atoms with van der Waals surface area (Å²) in [5.41, 5.74) is 10.1. The maximum absolute atomic E-state index is 12.7. The van der Waals surface area contributed by atoms with E-state index in [4.69, 9.17) is 23.7 Å². The van der Waals surface area contributed by atoms with Crippen LogP contribution in [0.2, 0.25) is 0 Å². The molecule has 0 fully saturated rings. The Morgan fingerprint density at radius 1 is 1.21 bits per heavy atom. The summed E-state index contributed by atoms with van der Waals surface area (Å²) in [6, 6.07) is 0. The van der Waals surface area contributed by atoms with E-state index >= 15 is 0 Å². The summed E-state index contributed by atoms with van der Waals surface area (Å²) < 4.78 is 0. The van der Waals surface area contributed by atoms with Gasteiger partial charge < -0.3 is 16.4 Å². The lowest BCUT2D eigenvalue weighted by Gasteiger charge is -2.35. The molecule has 19 heavy (non-hydrogen) atoms. The fourth-order valence-corrected chi connectivity index (χ4v) is 2.53. The average Bonchev–Trinajstić information content (AvgIpc) is 2.28. The van der Waals surface area contributed by atoms with E-state index in [1.165, 1.54) is 4.90 Å². The molecule has 0 atom stereocenters. The van der Waals surface area contributed by atoms with Crippen LogP contribution in [0.3, 0.4) is 0 Å². The molecule has 4 N–H and O–H groups in total. The van der Waals surface area contributed by atoms with Gasteiger partial charge in [-0.3, -0.25) is 9.59 Å². The van der Waals surface area contributed by atoms with Crippen molar-refractivity contribution in [3.63, 3.8) is 0 Å². The van der Waals surface area contributed by atoms with Crippen LogP contribution in [0.1, 0.15) is 40.5 Å². The molecule has 0 aromatic carbocycles. The summed E-state index contributed by atoms with van der Waals surface area (Å²) in [6.45, 7) is 8.06. The smallest absolute Gasteiger partial charge is 0.237 e. The van der Waals surface area contributed by atoms with Gasteiger partial charge in [0.2, 0.25) is 11.8 Å². The van der Waals surface area contributed by atoms with Crippen molar-refractivity contribution in [2.75, 3.05) is 13.1 Å². The first-order chi connectivity index (χ1) is 8.71. The Bertz CT molecular complexity index is 352. The number of hydrogen-bond acceptors (Lipinski definition) is 3. The number of carbonyl (C=O) groups excluding carboxylic acids is 2. The zero-order valence-corrected chi connectivity index (χ0v) is 13.0. The predicted molar refractivity (Wildman–Crippen MR) is 80.4 cm³/mol. The van der Waals surface area contributed by atoms with E-state index in [0.717, 1.165) is 0 Å². The third kappa shape index (κ3) is 4.45. The van der Waals surface area contributed by atoms with Crippen LogP contribution < -0.4 is 11.5 Å². The molecule has 0 aliphatic heterocycles. The number of amides is 2. The van der Waals surface area contributed by atoms with Crippen LogP contribution >= 0.6 is 12.2 Å². The lowest BCUT2D eigenvalue weighted by Crippen LogP contribution is -2.52. The van der Waals surface area contributed by atoms with Crippen molar-refractivity contribution in [3.8, 4) is 0 Å². The van der Waals surface area contributed by atoms with E-state index in [-0.39, 0.29) is 23.4 Å². The highest BCUT2D eigenvalue weighted by Crippen LogP contribution is 2.30. The van der Waals surface area contributed by atoms with Crippen LogP contribution in [-0.2, 0) is 9.59 Å². The fraction of sp³-hybridized carbons (Fsp3) is 0.769. The lowest BCUT2D eigenvalue weighted by molar-refractivity contribution is -0.142. The molecule has 110 valence electrons. The van der Waals surface area contributed by atoms with E-state index in [2.05, 4.69) is 0 Å². The number of carbonyl (C=O) groups is 2. The number of nitrogens with zero attached hydrogens (tertiary/aromatic N) is 1. The SMILES string of the molecule is CCC(CC)(C(=O)N(CC(N)=O)CC(C)C)C(N)=S. The van der Waals surface area contributed by atoms with Crippen molar-refractivity contribution in [2.24, 2.45) is 22.8 Å². The van der Waals surface area contributed by atoms with Gasteiger partial charge in [0.25, 0.3) is 0 Å². The number of nitrogens with two attached hydrogens (primary N) is 2. The van der Waals surface area contributed by atoms with Crippen LogP contribution in [0.25, 0.3) is 0 Å². The molecule has 0 saturated heterocycles. The molecule has 5 nitrogen and oxygen atoms in total. The molecule has 0 aromatic heterocycles. The zero-order chi connectivity index (χ0) is 15.2. The molecule has 0 aromatic rings. The quantitative estimate of drug-likeness (QED) is 0.653. The van der Waals surface area contributed by atoms with Crippen LogP contribution in [0.4, 0.5) is 0 Å². The maximum Gasteiger partial charge on any atom is 0.237 e. The normalized spacial score (nSPS) is 11.4. The fourth-order valence-electron chi connectivity index (χ4n) is 2.16. The van der Waals surface area contributed by atoms with E-state index in [9.17, 15) is 9.59 Å². The summed E-state index contributed by atoms with van der Waals surface area (Å²) in [7, 11) is 0. The number of hydrogen-bond donors (Lipinski definition) is 2. The first kappa shape index (κ1) is 17.8. The first-order valence-electron chi connectivity index (χ1n) is 6.58. The molecule has 0 bridgehead atoms. The third-order valence-electron chi connectivity index (χ3n) is 3.31. The van der Waals surface area contributed by atoms with Gasteiger partial charge in [-0.2, -0.15) is 0 Å². The maximum atomic E-state index is 12.7. The Kier molecular flexibility index (Phi) is 6.97. The summed E-state index contributed by atoms with van der Waals surface area (Å²) in [4.78, 5) is 25.5. The zero-order valence-electron chi connectivity index (χ0n) is 12.2. The number of thiocarbonyl (C=S) groups is 1. The number of primary amides is 1. The standard InChI is InChI=1S/C13H25N3O2S/c1-5-13(6-2,11(15)19)12(18)16(7-9(3)4)8-10(14)17/h9H,5-8H2,1-4H3,(H2,14,17)(H2,15,19). The van der Waals surface area contributed by atoms with Gasteiger partial charge in [-0.25, -0.2) is 0 Å². The van der Waals surface area contributed by atoms with E-state index in [0.29, 0.717) is 19.4 Å². The minimum absolute atomic E-state index is 0.0959. The van der Waals surface area contributed by atoms with Crippen molar-refractivity contribution in [1.29, 1.82) is 0 Å². The summed E-state index contributed by atoms with van der Waals surface area (Å²) in [5.74, 6) is -0.489. The van der Waals surface area contributed by atoms with Gasteiger partial charge in [-0.05, 0) is 18.8 Å². The van der Waals surface area contributed by atoms with Crippen molar-refractivity contribution in [1.82, 2.24) is 4.90 Å². The second-order valence-electron chi connectivity index (χ2n) is 5.20. The molecule has 0 saturated carbocycles. The van der Waals surface area contributed by atoms with Crippen molar-refractivity contribution >= 4 is 29.0 Å². The van der Waals surface area contributed by atoms with Crippen molar-refractivity contribution < 1.29 is 9.59 Å². The summed E-state index contributed by atoms with van der Waals surface area (Å²) in [5, 5.41) is 0. The molecule has 2 amide bonds. The Morgan fingerprint density at radius 3 is 1.95 bits per heavy atom. The minimum atomic E-state index is -0.875. The van der Waals surface area contributed by atoms with Gasteiger partial charge >= 0.3 is 0 Å². The van der Waals surface area contributed by atoms with Gasteiger partial charge in [-0.15, -0.1) is 0 Å². The Balaban J connectivity index is 5.34. The summed E-state index contributed by atoms with van der Waals surface area (Å²) in [6.07, 6.45) is 1.04. The molecule has 0 rings (SSSR count). The van der Waals surface area contributed by atoms with Gasteiger partial charge in [0.15, 0.2) is 0 Å². The highest BCUT2D eigenvalue weighted by atomic mass is 32.1. The van der Waals surface area contributed by atoms with Crippen LogP contribution in [0.15, 0.2) is 0 Å². The van der Waals surface area contributed by atoms with Gasteiger partial charge in [0.1, 0.15) is 0 Å². The Morgan fingerprint density at radius 2 is 1.68 bits per heavy atom. The molecule has 6 heteroatoms. The molecule has 0 heterocycles. The summed E-state index contributed by atoms with van der Waals surface area (Å²) >= 11 is 5.06. The Hall–Kier alpha value is -1.17. The first-order valence-corrected chi connectivity index (χ1v) is 6.99. The van der Waals surface area contributed by atoms with Crippen LogP contribution in [0, 0.1) is 11.3 Å². The average molecular weight is 287 g/mol. The third-order valence-corrected chi connectivity index (χ3v) is 3.70. The van der Waals surface area contributed by atoms with Gasteiger partial charge in [-0.1, -0.05) is 39.9 Å². The lowest BCUT2D eigenvalue weighted by atomic mass is 9.80. The second-order valence-corrected chi connectivity index (χ2v) is 5.64. The van der Waals surface area contributed by atoms with Crippen molar-refractivity contribution in [2.45, 2.75) is 40.5 Å².